The number of carbonyl (C=O) groups is 2. The fourth-order valence-electron chi connectivity index (χ4n) is 2.74. The van der Waals surface area contributed by atoms with E-state index in [-0.39, 0.29) is 11.6 Å². The minimum absolute atomic E-state index is 0.0573. The highest BCUT2D eigenvalue weighted by Crippen LogP contribution is 2.17. The van der Waals surface area contributed by atoms with Crippen molar-refractivity contribution in [2.75, 3.05) is 36.4 Å². The summed E-state index contributed by atoms with van der Waals surface area (Å²) in [5.74, 6) is -1.68. The first-order valence-electron chi connectivity index (χ1n) is 8.17. The number of anilines is 2. The molecule has 0 saturated carbocycles. The summed E-state index contributed by atoms with van der Waals surface area (Å²) in [6.07, 6.45) is 1.43. The number of halogens is 2. The van der Waals surface area contributed by atoms with Gasteiger partial charge in [-0.2, -0.15) is 0 Å². The zero-order valence-corrected chi connectivity index (χ0v) is 14.2. The van der Waals surface area contributed by atoms with Crippen LogP contribution in [0.25, 0.3) is 0 Å². The Labute approximate surface area is 149 Å². The second kappa shape index (κ2) is 7.47. The number of amides is 2. The molecule has 0 radical (unpaired) electrons. The fourth-order valence-corrected chi connectivity index (χ4v) is 2.74. The van der Waals surface area contributed by atoms with Crippen LogP contribution in [0.5, 0.6) is 0 Å². The van der Waals surface area contributed by atoms with E-state index in [0.29, 0.717) is 31.7 Å². The summed E-state index contributed by atoms with van der Waals surface area (Å²) in [7, 11) is 0. The SMILES string of the molecule is CC(=O)N1CCN(c2ccc(C(=O)Nc3ccc(F)c(F)c3)cn2)CC1. The molecule has 6 nitrogen and oxygen atoms in total. The van der Waals surface area contributed by atoms with Crippen molar-refractivity contribution in [3.63, 3.8) is 0 Å². The second-order valence-corrected chi connectivity index (χ2v) is 5.98. The van der Waals surface area contributed by atoms with Crippen LogP contribution in [0, 0.1) is 11.6 Å². The van der Waals surface area contributed by atoms with Gasteiger partial charge in [0.1, 0.15) is 5.82 Å². The first kappa shape index (κ1) is 17.8. The topological polar surface area (TPSA) is 65.5 Å². The molecule has 3 rings (SSSR count). The van der Waals surface area contributed by atoms with Gasteiger partial charge in [-0.3, -0.25) is 9.59 Å². The predicted molar refractivity (Wildman–Crippen MR) is 93.0 cm³/mol. The number of rotatable bonds is 3. The molecule has 0 spiro atoms. The lowest BCUT2D eigenvalue weighted by atomic mass is 10.2. The molecule has 1 saturated heterocycles. The Kier molecular flexibility index (Phi) is 5.11. The van der Waals surface area contributed by atoms with Crippen LogP contribution >= 0.6 is 0 Å². The van der Waals surface area contributed by atoms with Crippen molar-refractivity contribution in [3.05, 3.63) is 53.7 Å². The van der Waals surface area contributed by atoms with Gasteiger partial charge in [-0.15, -0.1) is 0 Å². The molecule has 1 aliphatic rings. The van der Waals surface area contributed by atoms with Gasteiger partial charge in [0.15, 0.2) is 11.6 Å². The first-order chi connectivity index (χ1) is 12.4. The van der Waals surface area contributed by atoms with Crippen LogP contribution in [0.3, 0.4) is 0 Å². The van der Waals surface area contributed by atoms with Crippen LogP contribution in [-0.2, 0) is 4.79 Å². The Hall–Kier alpha value is -3.03. The van der Waals surface area contributed by atoms with E-state index in [2.05, 4.69) is 10.3 Å². The van der Waals surface area contributed by atoms with E-state index >= 15 is 0 Å². The first-order valence-corrected chi connectivity index (χ1v) is 8.17. The number of aromatic nitrogens is 1. The van der Waals surface area contributed by atoms with Crippen molar-refractivity contribution < 1.29 is 18.4 Å². The molecule has 136 valence electrons. The van der Waals surface area contributed by atoms with Gasteiger partial charge in [0, 0.05) is 51.1 Å². The zero-order valence-electron chi connectivity index (χ0n) is 14.2. The van der Waals surface area contributed by atoms with Crippen LogP contribution in [0.1, 0.15) is 17.3 Å². The van der Waals surface area contributed by atoms with Gasteiger partial charge in [0.05, 0.1) is 5.56 Å². The summed E-state index contributed by atoms with van der Waals surface area (Å²) in [5.41, 5.74) is 0.471. The van der Waals surface area contributed by atoms with Gasteiger partial charge in [0.25, 0.3) is 5.91 Å². The summed E-state index contributed by atoms with van der Waals surface area (Å²) in [6, 6.07) is 6.50. The van der Waals surface area contributed by atoms with E-state index in [1.165, 1.54) is 12.3 Å². The van der Waals surface area contributed by atoms with Crippen LogP contribution in [-0.4, -0.2) is 47.9 Å². The molecule has 1 fully saturated rings. The van der Waals surface area contributed by atoms with E-state index in [0.717, 1.165) is 18.0 Å². The lowest BCUT2D eigenvalue weighted by molar-refractivity contribution is -0.129. The zero-order chi connectivity index (χ0) is 18.7. The summed E-state index contributed by atoms with van der Waals surface area (Å²) >= 11 is 0. The number of hydrogen-bond donors (Lipinski definition) is 1. The van der Waals surface area contributed by atoms with Crippen molar-refractivity contribution in [3.8, 4) is 0 Å². The standard InChI is InChI=1S/C18H18F2N4O2/c1-12(25)23-6-8-24(9-7-23)17-5-2-13(11-21-17)18(26)22-14-3-4-15(19)16(20)10-14/h2-5,10-11H,6-9H2,1H3,(H,22,26). The van der Waals surface area contributed by atoms with E-state index in [1.807, 2.05) is 4.90 Å². The normalized spacial score (nSPS) is 14.3. The third kappa shape index (κ3) is 3.96. The van der Waals surface area contributed by atoms with Gasteiger partial charge in [-0.25, -0.2) is 13.8 Å². The van der Waals surface area contributed by atoms with Gasteiger partial charge < -0.3 is 15.1 Å². The second-order valence-electron chi connectivity index (χ2n) is 5.98. The maximum Gasteiger partial charge on any atom is 0.257 e. The number of nitrogens with one attached hydrogen (secondary N) is 1. The number of nitrogens with zero attached hydrogens (tertiary/aromatic N) is 3. The monoisotopic (exact) mass is 360 g/mol. The third-order valence-corrected chi connectivity index (χ3v) is 4.24. The number of pyridine rings is 1. The minimum atomic E-state index is -1.03. The lowest BCUT2D eigenvalue weighted by Gasteiger charge is -2.34. The molecule has 2 heterocycles. The summed E-state index contributed by atoms with van der Waals surface area (Å²) in [6.45, 7) is 4.17. The van der Waals surface area contributed by atoms with Crippen LogP contribution < -0.4 is 10.2 Å². The van der Waals surface area contributed by atoms with E-state index < -0.39 is 17.5 Å². The van der Waals surface area contributed by atoms with Crippen LogP contribution in [0.15, 0.2) is 36.5 Å². The highest BCUT2D eigenvalue weighted by Gasteiger charge is 2.19. The summed E-state index contributed by atoms with van der Waals surface area (Å²) in [4.78, 5) is 31.7. The highest BCUT2D eigenvalue weighted by atomic mass is 19.2. The molecule has 0 aliphatic carbocycles. The molecule has 1 N–H and O–H groups in total. The minimum Gasteiger partial charge on any atom is -0.353 e. The Morgan fingerprint density at radius 2 is 1.77 bits per heavy atom. The summed E-state index contributed by atoms with van der Waals surface area (Å²) < 4.78 is 26.1. The average Bonchev–Trinajstić information content (AvgIpc) is 2.65. The van der Waals surface area contributed by atoms with Gasteiger partial charge >= 0.3 is 0 Å². The van der Waals surface area contributed by atoms with Gasteiger partial charge in [0.2, 0.25) is 5.91 Å². The highest BCUT2D eigenvalue weighted by molar-refractivity contribution is 6.04. The van der Waals surface area contributed by atoms with E-state index in [9.17, 15) is 18.4 Å². The maximum atomic E-state index is 13.2. The number of hydrogen-bond acceptors (Lipinski definition) is 4. The molecule has 0 atom stereocenters. The van der Waals surface area contributed by atoms with Crippen molar-refractivity contribution in [2.24, 2.45) is 0 Å². The molecule has 8 heteroatoms. The molecule has 1 aromatic heterocycles. The quantitative estimate of drug-likeness (QED) is 0.912. The largest absolute Gasteiger partial charge is 0.353 e. The van der Waals surface area contributed by atoms with Crippen molar-refractivity contribution in [1.82, 2.24) is 9.88 Å². The maximum absolute atomic E-state index is 13.2. The molecule has 1 aromatic carbocycles. The predicted octanol–water partition coefficient (Wildman–Crippen LogP) is 2.28. The van der Waals surface area contributed by atoms with E-state index in [1.54, 1.807) is 24.0 Å². The molecular formula is C18H18F2N4O2. The smallest absolute Gasteiger partial charge is 0.257 e. The fraction of sp³-hybridized carbons (Fsp3) is 0.278. The summed E-state index contributed by atoms with van der Waals surface area (Å²) in [5, 5.41) is 2.50. The molecule has 26 heavy (non-hydrogen) atoms. The Balaban J connectivity index is 1.63. The Bertz CT molecular complexity index is 818. The molecule has 1 aliphatic heterocycles. The van der Waals surface area contributed by atoms with E-state index in [4.69, 9.17) is 0 Å². The van der Waals surface area contributed by atoms with Crippen molar-refractivity contribution >= 4 is 23.3 Å². The van der Waals surface area contributed by atoms with Crippen molar-refractivity contribution in [1.29, 1.82) is 0 Å². The third-order valence-electron chi connectivity index (χ3n) is 4.24. The average molecular weight is 360 g/mol. The number of piperazine rings is 1. The molecular weight excluding hydrogens is 342 g/mol. The Morgan fingerprint density at radius 1 is 1.04 bits per heavy atom. The number of benzene rings is 1. The lowest BCUT2D eigenvalue weighted by Crippen LogP contribution is -2.48. The molecule has 0 unspecified atom stereocenters. The molecule has 2 aromatic rings. The van der Waals surface area contributed by atoms with Crippen molar-refractivity contribution in [2.45, 2.75) is 6.92 Å². The molecule has 0 bridgehead atoms. The van der Waals surface area contributed by atoms with Gasteiger partial charge in [-0.05, 0) is 24.3 Å². The Morgan fingerprint density at radius 3 is 2.35 bits per heavy atom. The van der Waals surface area contributed by atoms with Crippen LogP contribution in [0.4, 0.5) is 20.3 Å². The molecule has 2 amide bonds. The van der Waals surface area contributed by atoms with Gasteiger partial charge in [-0.1, -0.05) is 0 Å². The van der Waals surface area contributed by atoms with Crippen LogP contribution in [0.2, 0.25) is 0 Å². The number of carbonyl (C=O) groups excluding carboxylic acids is 2.